The Labute approximate surface area is 156 Å². The number of fused-ring (bicyclic) bond motifs is 2. The minimum absolute atomic E-state index is 0.197. The fourth-order valence-electron chi connectivity index (χ4n) is 4.05. The van der Waals surface area contributed by atoms with Gasteiger partial charge in [0.15, 0.2) is 5.96 Å². The molecule has 0 aromatic carbocycles. The molecular weight excluding hydrogens is 332 g/mol. The SMILES string of the molecule is CN=C(NCC1CCN(C(=O)OC(C)(C)C)CC1)NC1CC2CCC1O2. The van der Waals surface area contributed by atoms with Crippen LogP contribution in [0.4, 0.5) is 4.79 Å². The number of guanidine groups is 1. The number of ether oxygens (including phenoxy) is 2. The van der Waals surface area contributed by atoms with Crippen LogP contribution in [0.25, 0.3) is 0 Å². The van der Waals surface area contributed by atoms with E-state index in [1.54, 1.807) is 0 Å². The first-order valence-corrected chi connectivity index (χ1v) is 9.94. The summed E-state index contributed by atoms with van der Waals surface area (Å²) in [6.45, 7) is 8.11. The number of carbonyl (C=O) groups is 1. The molecule has 148 valence electrons. The third kappa shape index (κ3) is 5.02. The maximum atomic E-state index is 12.1. The van der Waals surface area contributed by atoms with E-state index in [1.165, 1.54) is 6.42 Å². The molecule has 3 fully saturated rings. The number of hydrogen-bond acceptors (Lipinski definition) is 4. The highest BCUT2D eigenvalue weighted by molar-refractivity contribution is 5.80. The van der Waals surface area contributed by atoms with Crippen LogP contribution >= 0.6 is 0 Å². The summed E-state index contributed by atoms with van der Waals surface area (Å²) in [5.41, 5.74) is -0.433. The van der Waals surface area contributed by atoms with Gasteiger partial charge in [0, 0.05) is 26.7 Å². The summed E-state index contributed by atoms with van der Waals surface area (Å²) < 4.78 is 11.4. The van der Waals surface area contributed by atoms with Gasteiger partial charge in [-0.1, -0.05) is 0 Å². The van der Waals surface area contributed by atoms with Crippen LogP contribution < -0.4 is 10.6 Å². The molecule has 0 aromatic heterocycles. The lowest BCUT2D eigenvalue weighted by Gasteiger charge is -2.33. The van der Waals surface area contributed by atoms with Crippen molar-refractivity contribution >= 4 is 12.1 Å². The monoisotopic (exact) mass is 366 g/mol. The molecule has 26 heavy (non-hydrogen) atoms. The molecule has 3 heterocycles. The Kier molecular flexibility index (Phi) is 5.95. The third-order valence-electron chi connectivity index (χ3n) is 5.48. The Morgan fingerprint density at radius 2 is 1.96 bits per heavy atom. The number of piperidine rings is 1. The molecule has 3 aliphatic rings. The molecule has 0 spiro atoms. The molecule has 3 rings (SSSR count). The van der Waals surface area contributed by atoms with Crippen molar-refractivity contribution in [1.82, 2.24) is 15.5 Å². The minimum atomic E-state index is -0.433. The number of rotatable bonds is 3. The molecule has 2 N–H and O–H groups in total. The van der Waals surface area contributed by atoms with E-state index in [1.807, 2.05) is 32.7 Å². The molecular formula is C19H34N4O3. The van der Waals surface area contributed by atoms with Crippen LogP contribution in [0.3, 0.4) is 0 Å². The van der Waals surface area contributed by atoms with Crippen LogP contribution in [0.1, 0.15) is 52.9 Å². The first-order valence-electron chi connectivity index (χ1n) is 9.94. The Morgan fingerprint density at radius 3 is 2.50 bits per heavy atom. The predicted molar refractivity (Wildman–Crippen MR) is 101 cm³/mol. The van der Waals surface area contributed by atoms with Crippen LogP contribution in [-0.2, 0) is 9.47 Å². The average Bonchev–Trinajstić information content (AvgIpc) is 3.20. The number of amides is 1. The van der Waals surface area contributed by atoms with E-state index >= 15 is 0 Å². The molecule has 2 bridgehead atoms. The Morgan fingerprint density at radius 1 is 1.23 bits per heavy atom. The standard InChI is InChI=1S/C19H34N4O3/c1-19(2,3)26-18(24)23-9-7-13(8-10-23)12-21-17(20-4)22-15-11-14-5-6-16(15)25-14/h13-16H,5-12H2,1-4H3,(H2,20,21,22). The second kappa shape index (κ2) is 8.03. The first-order chi connectivity index (χ1) is 12.3. The molecule has 1 amide bonds. The van der Waals surface area contributed by atoms with Gasteiger partial charge in [-0.15, -0.1) is 0 Å². The second-order valence-electron chi connectivity index (χ2n) is 8.72. The molecule has 7 nitrogen and oxygen atoms in total. The molecule has 0 aliphatic carbocycles. The fraction of sp³-hybridized carbons (Fsp3) is 0.895. The van der Waals surface area contributed by atoms with Gasteiger partial charge in [-0.2, -0.15) is 0 Å². The third-order valence-corrected chi connectivity index (χ3v) is 5.48. The molecule has 3 unspecified atom stereocenters. The van der Waals surface area contributed by atoms with Crippen LogP contribution in [0.2, 0.25) is 0 Å². The van der Waals surface area contributed by atoms with Crippen molar-refractivity contribution in [2.45, 2.75) is 76.7 Å². The highest BCUT2D eigenvalue weighted by Crippen LogP contribution is 2.34. The highest BCUT2D eigenvalue weighted by atomic mass is 16.6. The van der Waals surface area contributed by atoms with Crippen molar-refractivity contribution in [3.05, 3.63) is 0 Å². The van der Waals surface area contributed by atoms with Crippen LogP contribution in [-0.4, -0.2) is 67.5 Å². The van der Waals surface area contributed by atoms with E-state index in [0.29, 0.717) is 24.2 Å². The predicted octanol–water partition coefficient (Wildman–Crippen LogP) is 2.12. The lowest BCUT2D eigenvalue weighted by Crippen LogP contribution is -2.49. The Balaban J connectivity index is 1.37. The first kappa shape index (κ1) is 19.3. The van der Waals surface area contributed by atoms with Gasteiger partial charge in [0.1, 0.15) is 5.60 Å². The van der Waals surface area contributed by atoms with Crippen molar-refractivity contribution in [2.24, 2.45) is 10.9 Å². The summed E-state index contributed by atoms with van der Waals surface area (Å²) in [6, 6.07) is 0.383. The second-order valence-corrected chi connectivity index (χ2v) is 8.72. The number of hydrogen-bond donors (Lipinski definition) is 2. The summed E-state index contributed by atoms with van der Waals surface area (Å²) in [7, 11) is 1.81. The van der Waals surface area contributed by atoms with Crippen molar-refractivity contribution in [1.29, 1.82) is 0 Å². The average molecular weight is 367 g/mol. The van der Waals surface area contributed by atoms with Crippen LogP contribution in [0.15, 0.2) is 4.99 Å². The van der Waals surface area contributed by atoms with Crippen molar-refractivity contribution < 1.29 is 14.3 Å². The van der Waals surface area contributed by atoms with E-state index in [-0.39, 0.29) is 6.09 Å². The zero-order valence-corrected chi connectivity index (χ0v) is 16.6. The maximum Gasteiger partial charge on any atom is 0.410 e. The molecule has 0 saturated carbocycles. The number of nitrogens with zero attached hydrogens (tertiary/aromatic N) is 2. The smallest absolute Gasteiger partial charge is 0.410 e. The van der Waals surface area contributed by atoms with E-state index in [9.17, 15) is 4.79 Å². The largest absolute Gasteiger partial charge is 0.444 e. The zero-order chi connectivity index (χ0) is 18.7. The van der Waals surface area contributed by atoms with E-state index < -0.39 is 5.60 Å². The van der Waals surface area contributed by atoms with E-state index in [2.05, 4.69) is 15.6 Å². The number of aliphatic imine (C=N–C) groups is 1. The van der Waals surface area contributed by atoms with Crippen molar-refractivity contribution in [3.8, 4) is 0 Å². The molecule has 3 aliphatic heterocycles. The molecule has 3 saturated heterocycles. The van der Waals surface area contributed by atoms with Crippen LogP contribution in [0.5, 0.6) is 0 Å². The summed E-state index contributed by atoms with van der Waals surface area (Å²) >= 11 is 0. The lowest BCUT2D eigenvalue weighted by atomic mass is 9.95. The van der Waals surface area contributed by atoms with Gasteiger partial charge in [-0.25, -0.2) is 4.79 Å². The number of likely N-dealkylation sites (tertiary alicyclic amines) is 1. The summed E-state index contributed by atoms with van der Waals surface area (Å²) in [6.07, 6.45) is 6.00. The molecule has 0 radical (unpaired) electrons. The highest BCUT2D eigenvalue weighted by Gasteiger charge is 2.41. The van der Waals surface area contributed by atoms with Crippen molar-refractivity contribution in [2.75, 3.05) is 26.7 Å². The van der Waals surface area contributed by atoms with Crippen LogP contribution in [0, 0.1) is 5.92 Å². The van der Waals surface area contributed by atoms with Gasteiger partial charge in [0.05, 0.1) is 18.2 Å². The normalized spacial score (nSPS) is 29.8. The Hall–Kier alpha value is -1.50. The van der Waals surface area contributed by atoms with Gasteiger partial charge in [-0.05, 0) is 58.8 Å². The molecule has 7 heteroatoms. The summed E-state index contributed by atoms with van der Waals surface area (Å²) in [5, 5.41) is 6.98. The number of carbonyl (C=O) groups excluding carboxylic acids is 1. The van der Waals surface area contributed by atoms with Gasteiger partial charge >= 0.3 is 6.09 Å². The summed E-state index contributed by atoms with van der Waals surface area (Å²) in [4.78, 5) is 18.3. The number of nitrogens with one attached hydrogen (secondary N) is 2. The van der Waals surface area contributed by atoms with Gasteiger partial charge in [0.2, 0.25) is 0 Å². The quantitative estimate of drug-likeness (QED) is 0.591. The zero-order valence-electron chi connectivity index (χ0n) is 16.6. The van der Waals surface area contributed by atoms with E-state index in [4.69, 9.17) is 9.47 Å². The fourth-order valence-corrected chi connectivity index (χ4v) is 4.05. The lowest BCUT2D eigenvalue weighted by molar-refractivity contribution is 0.0185. The molecule has 0 aromatic rings. The Bertz CT molecular complexity index is 523. The maximum absolute atomic E-state index is 12.1. The molecule has 3 atom stereocenters. The van der Waals surface area contributed by atoms with Gasteiger partial charge < -0.3 is 25.0 Å². The topological polar surface area (TPSA) is 75.2 Å². The minimum Gasteiger partial charge on any atom is -0.444 e. The van der Waals surface area contributed by atoms with Gasteiger partial charge in [-0.3, -0.25) is 4.99 Å². The summed E-state index contributed by atoms with van der Waals surface area (Å²) in [5.74, 6) is 1.41. The van der Waals surface area contributed by atoms with Gasteiger partial charge in [0.25, 0.3) is 0 Å². The van der Waals surface area contributed by atoms with Crippen molar-refractivity contribution in [3.63, 3.8) is 0 Å². The van der Waals surface area contributed by atoms with E-state index in [0.717, 1.165) is 51.3 Å².